The van der Waals surface area contributed by atoms with Gasteiger partial charge in [0, 0.05) is 18.7 Å². The average Bonchev–Trinajstić information content (AvgIpc) is 2.87. The molecule has 0 saturated carbocycles. The zero-order chi connectivity index (χ0) is 14.8. The number of ether oxygens (including phenoxy) is 1. The first-order valence-electron chi connectivity index (χ1n) is 7.06. The zero-order valence-electron chi connectivity index (χ0n) is 12.1. The van der Waals surface area contributed by atoms with Crippen molar-refractivity contribution >= 4 is 0 Å². The number of halogens is 1. The van der Waals surface area contributed by atoms with E-state index >= 15 is 0 Å². The lowest BCUT2D eigenvalue weighted by Gasteiger charge is -2.34. The Kier molecular flexibility index (Phi) is 3.98. The molecule has 0 aliphatic carbocycles. The van der Waals surface area contributed by atoms with Crippen LogP contribution in [0.4, 0.5) is 4.39 Å². The molecule has 2 aromatic rings. The maximum atomic E-state index is 12.9. The van der Waals surface area contributed by atoms with E-state index in [1.54, 1.807) is 12.1 Å². The summed E-state index contributed by atoms with van der Waals surface area (Å²) < 4.78 is 24.3. The molecule has 0 N–H and O–H groups in total. The first-order chi connectivity index (χ1) is 10.1. The maximum Gasteiger partial charge on any atom is 0.247 e. The highest BCUT2D eigenvalue weighted by Crippen LogP contribution is 2.19. The van der Waals surface area contributed by atoms with Gasteiger partial charge in [0.25, 0.3) is 0 Å². The van der Waals surface area contributed by atoms with Crippen molar-refractivity contribution < 1.29 is 13.5 Å². The molecule has 5 nitrogen and oxygen atoms in total. The standard InChI is InChI=1S/C15H18FN3O2/c1-10-7-19(8-11(2)20-10)9-14-17-18-15(21-14)12-3-5-13(16)6-4-12/h3-6,10-11H,7-9H2,1-2H3/t10-,11+. The quantitative estimate of drug-likeness (QED) is 0.869. The van der Waals surface area contributed by atoms with Crippen molar-refractivity contribution in [3.63, 3.8) is 0 Å². The molecular weight excluding hydrogens is 273 g/mol. The van der Waals surface area contributed by atoms with Crippen molar-refractivity contribution in [2.24, 2.45) is 0 Å². The van der Waals surface area contributed by atoms with Crippen molar-refractivity contribution in [2.75, 3.05) is 13.1 Å². The van der Waals surface area contributed by atoms with Crippen LogP contribution < -0.4 is 0 Å². The van der Waals surface area contributed by atoms with E-state index in [4.69, 9.17) is 9.15 Å². The first-order valence-corrected chi connectivity index (χ1v) is 7.06. The Hall–Kier alpha value is -1.79. The van der Waals surface area contributed by atoms with Crippen LogP contribution in [0.25, 0.3) is 11.5 Å². The van der Waals surface area contributed by atoms with Crippen LogP contribution in [0, 0.1) is 5.82 Å². The number of benzene rings is 1. The highest BCUT2D eigenvalue weighted by Gasteiger charge is 2.23. The summed E-state index contributed by atoms with van der Waals surface area (Å²) in [7, 11) is 0. The topological polar surface area (TPSA) is 51.4 Å². The number of hydrogen-bond acceptors (Lipinski definition) is 5. The second-order valence-electron chi connectivity index (χ2n) is 5.46. The van der Waals surface area contributed by atoms with Crippen LogP contribution in [0.5, 0.6) is 0 Å². The number of nitrogens with zero attached hydrogens (tertiary/aromatic N) is 3. The molecule has 3 rings (SSSR count). The van der Waals surface area contributed by atoms with Gasteiger partial charge in [-0.15, -0.1) is 10.2 Å². The van der Waals surface area contributed by atoms with E-state index in [9.17, 15) is 4.39 Å². The van der Waals surface area contributed by atoms with E-state index in [0.717, 1.165) is 18.7 Å². The van der Waals surface area contributed by atoms with Crippen LogP contribution in [0.2, 0.25) is 0 Å². The third-order valence-corrected chi connectivity index (χ3v) is 3.41. The lowest BCUT2D eigenvalue weighted by atomic mass is 10.2. The van der Waals surface area contributed by atoms with Crippen molar-refractivity contribution in [2.45, 2.75) is 32.6 Å². The fraction of sp³-hybridized carbons (Fsp3) is 0.467. The fourth-order valence-electron chi connectivity index (χ4n) is 2.63. The van der Waals surface area contributed by atoms with E-state index in [1.165, 1.54) is 12.1 Å². The van der Waals surface area contributed by atoms with E-state index in [1.807, 2.05) is 0 Å². The third-order valence-electron chi connectivity index (χ3n) is 3.41. The Morgan fingerprint density at radius 3 is 2.48 bits per heavy atom. The normalized spacial score (nSPS) is 23.4. The fourth-order valence-corrected chi connectivity index (χ4v) is 2.63. The Morgan fingerprint density at radius 2 is 1.81 bits per heavy atom. The molecule has 2 heterocycles. The minimum absolute atomic E-state index is 0.202. The van der Waals surface area contributed by atoms with E-state index in [-0.39, 0.29) is 18.0 Å². The molecule has 0 spiro atoms. The van der Waals surface area contributed by atoms with Crippen molar-refractivity contribution in [3.05, 3.63) is 36.0 Å². The number of hydrogen-bond donors (Lipinski definition) is 0. The van der Waals surface area contributed by atoms with Crippen LogP contribution in [-0.2, 0) is 11.3 Å². The Bertz CT molecular complexity index is 589. The lowest BCUT2D eigenvalue weighted by Crippen LogP contribution is -2.44. The molecule has 1 saturated heterocycles. The molecule has 0 radical (unpaired) electrons. The second-order valence-corrected chi connectivity index (χ2v) is 5.46. The van der Waals surface area contributed by atoms with Crippen LogP contribution in [-0.4, -0.2) is 40.4 Å². The zero-order valence-corrected chi connectivity index (χ0v) is 12.1. The summed E-state index contributed by atoms with van der Waals surface area (Å²) in [5.74, 6) is 0.699. The SMILES string of the molecule is C[C@@H]1CN(Cc2nnc(-c3ccc(F)cc3)o2)C[C@H](C)O1. The smallest absolute Gasteiger partial charge is 0.247 e. The Labute approximate surface area is 122 Å². The molecule has 1 aromatic heterocycles. The molecule has 1 aliphatic heterocycles. The van der Waals surface area contributed by atoms with E-state index < -0.39 is 0 Å². The molecule has 2 atom stereocenters. The minimum atomic E-state index is -0.283. The number of morpholine rings is 1. The molecule has 21 heavy (non-hydrogen) atoms. The summed E-state index contributed by atoms with van der Waals surface area (Å²) in [5.41, 5.74) is 0.721. The summed E-state index contributed by atoms with van der Waals surface area (Å²) in [6.45, 7) is 6.41. The molecule has 0 bridgehead atoms. The van der Waals surface area contributed by atoms with Gasteiger partial charge in [-0.25, -0.2) is 4.39 Å². The Balaban J connectivity index is 1.69. The molecular formula is C15H18FN3O2. The van der Waals surface area contributed by atoms with Gasteiger partial charge in [0.1, 0.15) is 5.82 Å². The van der Waals surface area contributed by atoms with Crippen LogP contribution >= 0.6 is 0 Å². The number of aromatic nitrogens is 2. The summed E-state index contributed by atoms with van der Waals surface area (Å²) in [6, 6.07) is 6.02. The maximum absolute atomic E-state index is 12.9. The van der Waals surface area contributed by atoms with Crippen LogP contribution in [0.15, 0.2) is 28.7 Å². The van der Waals surface area contributed by atoms with E-state index in [0.29, 0.717) is 18.3 Å². The third kappa shape index (κ3) is 3.46. The molecule has 1 aliphatic rings. The van der Waals surface area contributed by atoms with Gasteiger partial charge in [-0.05, 0) is 38.1 Å². The van der Waals surface area contributed by atoms with E-state index in [2.05, 4.69) is 28.9 Å². The highest BCUT2D eigenvalue weighted by molar-refractivity contribution is 5.51. The van der Waals surface area contributed by atoms with Gasteiger partial charge in [-0.2, -0.15) is 0 Å². The molecule has 1 fully saturated rings. The summed E-state index contributed by atoms with van der Waals surface area (Å²) in [6.07, 6.45) is 0.404. The molecule has 1 aromatic carbocycles. The lowest BCUT2D eigenvalue weighted by molar-refractivity contribution is -0.0721. The Morgan fingerprint density at radius 1 is 1.14 bits per heavy atom. The molecule has 0 unspecified atom stereocenters. The second kappa shape index (κ2) is 5.91. The number of rotatable bonds is 3. The van der Waals surface area contributed by atoms with Gasteiger partial charge in [0.15, 0.2) is 0 Å². The molecule has 0 amide bonds. The van der Waals surface area contributed by atoms with Crippen molar-refractivity contribution in [1.82, 2.24) is 15.1 Å². The van der Waals surface area contributed by atoms with Crippen LogP contribution in [0.1, 0.15) is 19.7 Å². The predicted molar refractivity (Wildman–Crippen MR) is 75.0 cm³/mol. The van der Waals surface area contributed by atoms with Gasteiger partial charge in [0.05, 0.1) is 18.8 Å². The van der Waals surface area contributed by atoms with Crippen LogP contribution in [0.3, 0.4) is 0 Å². The van der Waals surface area contributed by atoms with Gasteiger partial charge in [0.2, 0.25) is 11.8 Å². The molecule has 112 valence electrons. The van der Waals surface area contributed by atoms with Gasteiger partial charge in [-0.3, -0.25) is 4.90 Å². The minimum Gasteiger partial charge on any atom is -0.419 e. The highest BCUT2D eigenvalue weighted by atomic mass is 19.1. The summed E-state index contributed by atoms with van der Waals surface area (Å²) in [5, 5.41) is 8.09. The molecule has 6 heteroatoms. The monoisotopic (exact) mass is 291 g/mol. The summed E-state index contributed by atoms with van der Waals surface area (Å²) >= 11 is 0. The average molecular weight is 291 g/mol. The van der Waals surface area contributed by atoms with Crippen molar-refractivity contribution in [1.29, 1.82) is 0 Å². The first kappa shape index (κ1) is 14.2. The largest absolute Gasteiger partial charge is 0.419 e. The predicted octanol–water partition coefficient (Wildman–Crippen LogP) is 2.48. The summed E-state index contributed by atoms with van der Waals surface area (Å²) in [4.78, 5) is 2.24. The van der Waals surface area contributed by atoms with Gasteiger partial charge < -0.3 is 9.15 Å². The van der Waals surface area contributed by atoms with Crippen molar-refractivity contribution in [3.8, 4) is 11.5 Å². The van der Waals surface area contributed by atoms with Gasteiger partial charge in [-0.1, -0.05) is 0 Å². The van der Waals surface area contributed by atoms with Gasteiger partial charge >= 0.3 is 0 Å².